The molecule has 1 heterocycles. The Balaban J connectivity index is 1.92. The minimum atomic E-state index is -0.987. The molecule has 6 nitrogen and oxygen atoms in total. The van der Waals surface area contributed by atoms with Crippen LogP contribution >= 0.6 is 0 Å². The first-order chi connectivity index (χ1) is 12.5. The van der Waals surface area contributed by atoms with Crippen LogP contribution in [0.5, 0.6) is 5.75 Å². The molecule has 0 unspecified atom stereocenters. The highest BCUT2D eigenvalue weighted by Gasteiger charge is 2.10. The van der Waals surface area contributed by atoms with Crippen molar-refractivity contribution < 1.29 is 19.8 Å². The van der Waals surface area contributed by atoms with Crippen molar-refractivity contribution in [1.82, 2.24) is 4.57 Å². The van der Waals surface area contributed by atoms with E-state index >= 15 is 0 Å². The molecule has 3 aromatic rings. The number of aliphatic carboxylic acids is 1. The quantitative estimate of drug-likeness (QED) is 0.711. The zero-order valence-electron chi connectivity index (χ0n) is 13.8. The number of carbonyl (C=O) groups excluding carboxylic acids is 1. The molecule has 0 saturated heterocycles. The summed E-state index contributed by atoms with van der Waals surface area (Å²) in [6.07, 6.45) is 1.62. The number of ketones is 1. The highest BCUT2D eigenvalue weighted by Crippen LogP contribution is 2.28. The molecule has 0 atom stereocenters. The fourth-order valence-corrected chi connectivity index (χ4v) is 2.82. The van der Waals surface area contributed by atoms with Gasteiger partial charge in [-0.25, -0.2) is 0 Å². The van der Waals surface area contributed by atoms with E-state index in [1.165, 1.54) is 6.07 Å². The van der Waals surface area contributed by atoms with E-state index in [0.717, 1.165) is 22.0 Å². The first-order valence-electron chi connectivity index (χ1n) is 8.04. The maximum absolute atomic E-state index is 12.0. The van der Waals surface area contributed by atoms with Gasteiger partial charge in [-0.05, 0) is 40.8 Å². The molecule has 3 rings (SSSR count). The second-order valence-corrected chi connectivity index (χ2v) is 5.99. The number of aromatic nitrogens is 1. The fourth-order valence-electron chi connectivity index (χ4n) is 2.82. The average Bonchev–Trinajstić information content (AvgIpc) is 3.02. The van der Waals surface area contributed by atoms with E-state index in [-0.39, 0.29) is 36.5 Å². The molecule has 130 valence electrons. The number of fused-ring (bicyclic) bond motifs is 1. The number of carbonyl (C=O) groups is 2. The number of nitriles is 1. The van der Waals surface area contributed by atoms with Crippen LogP contribution in [0.2, 0.25) is 0 Å². The molecular weight excluding hydrogens is 332 g/mol. The second kappa shape index (κ2) is 7.11. The van der Waals surface area contributed by atoms with Gasteiger partial charge in [0.2, 0.25) is 0 Å². The minimum Gasteiger partial charge on any atom is -0.507 e. The predicted octanol–water partition coefficient (Wildman–Crippen LogP) is 3.32. The summed E-state index contributed by atoms with van der Waals surface area (Å²) >= 11 is 0. The van der Waals surface area contributed by atoms with Gasteiger partial charge in [-0.1, -0.05) is 18.2 Å². The number of carboxylic acid groups (broad SMARTS) is 1. The van der Waals surface area contributed by atoms with Gasteiger partial charge in [0.1, 0.15) is 11.8 Å². The number of Topliss-reactive ketones (excluding diaryl/α,β-unsaturated/α-hetero) is 1. The maximum Gasteiger partial charge on any atom is 0.303 e. The summed E-state index contributed by atoms with van der Waals surface area (Å²) in [5.74, 6) is -1.20. The number of rotatable bonds is 6. The van der Waals surface area contributed by atoms with E-state index in [4.69, 9.17) is 10.4 Å². The molecule has 0 aliphatic rings. The highest BCUT2D eigenvalue weighted by atomic mass is 16.4. The molecule has 0 amide bonds. The van der Waals surface area contributed by atoms with E-state index in [0.29, 0.717) is 0 Å². The van der Waals surface area contributed by atoms with Gasteiger partial charge in [-0.2, -0.15) is 5.26 Å². The zero-order valence-corrected chi connectivity index (χ0v) is 13.8. The van der Waals surface area contributed by atoms with Gasteiger partial charge in [0.25, 0.3) is 0 Å². The Bertz CT molecular complexity index is 1040. The number of phenolic OH excluding ortho intramolecular Hbond substituents is 1. The molecular formula is C20H16N2O4. The van der Waals surface area contributed by atoms with Gasteiger partial charge < -0.3 is 14.8 Å². The van der Waals surface area contributed by atoms with Gasteiger partial charge in [0, 0.05) is 18.1 Å². The third-order valence-corrected chi connectivity index (χ3v) is 4.19. The van der Waals surface area contributed by atoms with Crippen molar-refractivity contribution in [2.24, 2.45) is 0 Å². The van der Waals surface area contributed by atoms with Crippen LogP contribution in [0.1, 0.15) is 18.4 Å². The van der Waals surface area contributed by atoms with Gasteiger partial charge in [0.15, 0.2) is 5.78 Å². The highest BCUT2D eigenvalue weighted by molar-refractivity contribution is 5.88. The number of phenols is 1. The number of nitrogens with zero attached hydrogens (tertiary/aromatic N) is 2. The molecule has 0 aliphatic carbocycles. The number of hydrogen-bond donors (Lipinski definition) is 2. The van der Waals surface area contributed by atoms with Crippen LogP contribution in [0, 0.1) is 11.3 Å². The Hall–Kier alpha value is -3.59. The molecule has 0 radical (unpaired) electrons. The molecule has 6 heteroatoms. The summed E-state index contributed by atoms with van der Waals surface area (Å²) in [5.41, 5.74) is 2.68. The van der Waals surface area contributed by atoms with E-state index in [1.54, 1.807) is 22.9 Å². The van der Waals surface area contributed by atoms with E-state index < -0.39 is 5.97 Å². The van der Waals surface area contributed by atoms with Crippen LogP contribution < -0.4 is 0 Å². The van der Waals surface area contributed by atoms with Crippen molar-refractivity contribution in [3.63, 3.8) is 0 Å². The smallest absolute Gasteiger partial charge is 0.303 e. The van der Waals surface area contributed by atoms with E-state index in [1.807, 2.05) is 30.3 Å². The van der Waals surface area contributed by atoms with Crippen molar-refractivity contribution in [3.05, 3.63) is 54.2 Å². The Morgan fingerprint density at radius 2 is 1.77 bits per heavy atom. The topological polar surface area (TPSA) is 103 Å². The Morgan fingerprint density at radius 1 is 1.04 bits per heavy atom. The predicted molar refractivity (Wildman–Crippen MR) is 95.6 cm³/mol. The molecule has 0 fully saturated rings. The lowest BCUT2D eigenvalue weighted by Crippen LogP contribution is -2.10. The van der Waals surface area contributed by atoms with Crippen molar-refractivity contribution in [2.75, 3.05) is 0 Å². The summed E-state index contributed by atoms with van der Waals surface area (Å²) in [6.45, 7) is 0.110. The van der Waals surface area contributed by atoms with Crippen LogP contribution in [0.4, 0.5) is 0 Å². The minimum absolute atomic E-state index is 0.00180. The van der Waals surface area contributed by atoms with Crippen LogP contribution in [-0.4, -0.2) is 26.5 Å². The van der Waals surface area contributed by atoms with Crippen LogP contribution in [0.3, 0.4) is 0 Å². The summed E-state index contributed by atoms with van der Waals surface area (Å²) in [6, 6.07) is 14.4. The van der Waals surface area contributed by atoms with Crippen molar-refractivity contribution >= 4 is 22.7 Å². The van der Waals surface area contributed by atoms with Gasteiger partial charge in [-0.15, -0.1) is 0 Å². The zero-order chi connectivity index (χ0) is 18.7. The molecule has 0 spiro atoms. The monoisotopic (exact) mass is 348 g/mol. The standard InChI is InChI=1S/C20H16N2O4/c21-11-16-9-14(3-5-19(16)24)15-2-1-13-7-8-22(18(13)10-15)12-17(23)4-6-20(25)26/h1-3,5,7-10,24H,4,6,12H2,(H,25,26). The van der Waals surface area contributed by atoms with Gasteiger partial charge in [0.05, 0.1) is 18.5 Å². The van der Waals surface area contributed by atoms with Crippen LogP contribution in [-0.2, 0) is 16.1 Å². The number of aromatic hydroxyl groups is 1. The Labute approximate surface area is 149 Å². The molecule has 26 heavy (non-hydrogen) atoms. The lowest BCUT2D eigenvalue weighted by molar-refractivity contribution is -0.138. The summed E-state index contributed by atoms with van der Waals surface area (Å²) in [5, 5.41) is 28.4. The third-order valence-electron chi connectivity index (χ3n) is 4.19. The van der Waals surface area contributed by atoms with Crippen LogP contribution in [0.15, 0.2) is 48.7 Å². The molecule has 2 N–H and O–H groups in total. The van der Waals surface area contributed by atoms with Gasteiger partial charge >= 0.3 is 5.97 Å². The lowest BCUT2D eigenvalue weighted by atomic mass is 10.0. The fraction of sp³-hybridized carbons (Fsp3) is 0.150. The lowest BCUT2D eigenvalue weighted by Gasteiger charge is -2.07. The Kier molecular flexibility index (Phi) is 4.72. The third kappa shape index (κ3) is 3.57. The molecule has 1 aromatic heterocycles. The number of hydrogen-bond acceptors (Lipinski definition) is 4. The van der Waals surface area contributed by atoms with E-state index in [2.05, 4.69) is 0 Å². The van der Waals surface area contributed by atoms with Gasteiger partial charge in [-0.3, -0.25) is 9.59 Å². The van der Waals surface area contributed by atoms with E-state index in [9.17, 15) is 14.7 Å². The molecule has 2 aromatic carbocycles. The Morgan fingerprint density at radius 3 is 2.50 bits per heavy atom. The van der Waals surface area contributed by atoms with Crippen molar-refractivity contribution in [1.29, 1.82) is 5.26 Å². The summed E-state index contributed by atoms with van der Waals surface area (Å²) in [4.78, 5) is 22.6. The van der Waals surface area contributed by atoms with Crippen LogP contribution in [0.25, 0.3) is 22.0 Å². The molecule has 0 bridgehead atoms. The molecule has 0 saturated carbocycles. The first kappa shape index (κ1) is 17.2. The normalized spacial score (nSPS) is 10.6. The average molecular weight is 348 g/mol. The number of carboxylic acids is 1. The summed E-state index contributed by atoms with van der Waals surface area (Å²) < 4.78 is 1.79. The first-order valence-corrected chi connectivity index (χ1v) is 8.04. The maximum atomic E-state index is 12.0. The van der Waals surface area contributed by atoms with Crippen molar-refractivity contribution in [2.45, 2.75) is 19.4 Å². The summed E-state index contributed by atoms with van der Waals surface area (Å²) in [7, 11) is 0. The second-order valence-electron chi connectivity index (χ2n) is 5.99. The number of benzene rings is 2. The largest absolute Gasteiger partial charge is 0.507 e. The SMILES string of the molecule is N#Cc1cc(-c2ccc3ccn(CC(=O)CCC(=O)O)c3c2)ccc1O. The molecule has 0 aliphatic heterocycles. The van der Waals surface area contributed by atoms with Crippen molar-refractivity contribution in [3.8, 4) is 22.9 Å².